The lowest BCUT2D eigenvalue weighted by Gasteiger charge is -2.39. The van der Waals surface area contributed by atoms with Crippen molar-refractivity contribution in [3.05, 3.63) is 0 Å². The lowest BCUT2D eigenvalue weighted by molar-refractivity contribution is 0.102. The number of hydrogen-bond acceptors (Lipinski definition) is 1. The Balaban J connectivity index is 4.24. The van der Waals surface area contributed by atoms with Gasteiger partial charge in [-0.1, -0.05) is 136 Å². The highest BCUT2D eigenvalue weighted by molar-refractivity contribution is 4.81. The Bertz CT molecular complexity index is 304. The van der Waals surface area contributed by atoms with Gasteiger partial charge in [-0.3, -0.25) is 4.90 Å². The van der Waals surface area contributed by atoms with Crippen LogP contribution in [0.1, 0.15) is 169 Å². The summed E-state index contributed by atoms with van der Waals surface area (Å²) in [6.07, 6.45) is 29.8. The van der Waals surface area contributed by atoms with Crippen LogP contribution in [0.4, 0.5) is 0 Å². The summed E-state index contributed by atoms with van der Waals surface area (Å²) in [7, 11) is 0. The van der Waals surface area contributed by atoms with E-state index in [0.717, 1.165) is 0 Å². The van der Waals surface area contributed by atoms with Crippen molar-refractivity contribution in [2.24, 2.45) is 0 Å². The summed E-state index contributed by atoms with van der Waals surface area (Å²) in [5.41, 5.74) is 0.384. The van der Waals surface area contributed by atoms with E-state index in [-0.39, 0.29) is 0 Å². The summed E-state index contributed by atoms with van der Waals surface area (Å²) >= 11 is 0. The maximum atomic E-state index is 2.87. The van der Waals surface area contributed by atoms with Crippen LogP contribution in [0.2, 0.25) is 0 Å². The van der Waals surface area contributed by atoms with Crippen LogP contribution in [-0.2, 0) is 0 Å². The van der Waals surface area contributed by atoms with Crippen molar-refractivity contribution in [3.63, 3.8) is 0 Å². The Hall–Kier alpha value is -0.0400. The van der Waals surface area contributed by atoms with E-state index < -0.39 is 0 Å². The van der Waals surface area contributed by atoms with Gasteiger partial charge in [0, 0.05) is 5.54 Å². The summed E-state index contributed by atoms with van der Waals surface area (Å²) in [6, 6.07) is 0. The maximum absolute atomic E-state index is 2.87. The quantitative estimate of drug-likeness (QED) is 0.139. The molecule has 0 aliphatic carbocycles. The Morgan fingerprint density at radius 1 is 0.400 bits per heavy atom. The van der Waals surface area contributed by atoms with Crippen LogP contribution in [0.15, 0.2) is 0 Å². The first-order valence-electron chi connectivity index (χ1n) is 14.3. The molecule has 0 heterocycles. The van der Waals surface area contributed by atoms with Gasteiger partial charge < -0.3 is 0 Å². The molecule has 0 aromatic carbocycles. The molecule has 0 bridgehead atoms. The summed E-state index contributed by atoms with van der Waals surface area (Å²) in [6.45, 7) is 14.7. The van der Waals surface area contributed by atoms with E-state index in [2.05, 4.69) is 39.5 Å². The largest absolute Gasteiger partial charge is 0.298 e. The first-order valence-corrected chi connectivity index (χ1v) is 14.3. The molecule has 182 valence electrons. The van der Waals surface area contributed by atoms with Crippen molar-refractivity contribution in [2.75, 3.05) is 13.1 Å². The average Bonchev–Trinajstić information content (AvgIpc) is 2.73. The van der Waals surface area contributed by atoms with Crippen molar-refractivity contribution in [1.29, 1.82) is 0 Å². The molecule has 0 aliphatic rings. The molecule has 0 spiro atoms. The van der Waals surface area contributed by atoms with Gasteiger partial charge in [0.2, 0.25) is 0 Å². The van der Waals surface area contributed by atoms with Crippen molar-refractivity contribution >= 4 is 0 Å². The lowest BCUT2D eigenvalue weighted by Crippen LogP contribution is -2.45. The molecule has 0 amide bonds. The molecule has 0 fully saturated rings. The lowest BCUT2D eigenvalue weighted by atomic mass is 9.93. The molecule has 0 aliphatic heterocycles. The molecule has 0 aromatic heterocycles. The molecule has 1 heteroatoms. The molecule has 0 atom stereocenters. The number of unbranched alkanes of at least 4 members (excludes halogenated alkanes) is 17. The molecule has 0 saturated carbocycles. The fourth-order valence-corrected chi connectivity index (χ4v) is 4.73. The van der Waals surface area contributed by atoms with Crippen LogP contribution in [0.25, 0.3) is 0 Å². The van der Waals surface area contributed by atoms with Crippen LogP contribution < -0.4 is 0 Å². The molecule has 0 unspecified atom stereocenters. The Kier molecular flexibility index (Phi) is 22.1. The van der Waals surface area contributed by atoms with Gasteiger partial charge in [-0.05, 0) is 46.2 Å². The molecule has 0 saturated heterocycles. The first kappa shape index (κ1) is 30.0. The second-order valence-corrected chi connectivity index (χ2v) is 10.6. The number of nitrogens with zero attached hydrogens (tertiary/aromatic N) is 1. The van der Waals surface area contributed by atoms with Crippen molar-refractivity contribution in [1.82, 2.24) is 4.90 Å². The van der Waals surface area contributed by atoms with Gasteiger partial charge in [0.25, 0.3) is 0 Å². The van der Waals surface area contributed by atoms with E-state index in [4.69, 9.17) is 0 Å². The fourth-order valence-electron chi connectivity index (χ4n) is 4.73. The van der Waals surface area contributed by atoms with Gasteiger partial charge in [-0.15, -0.1) is 0 Å². The van der Waals surface area contributed by atoms with Gasteiger partial charge >= 0.3 is 0 Å². The fraction of sp³-hybridized carbons (Fsp3) is 1.00. The van der Waals surface area contributed by atoms with Crippen LogP contribution in [0.3, 0.4) is 0 Å². The van der Waals surface area contributed by atoms with Gasteiger partial charge in [0.05, 0.1) is 0 Å². The van der Waals surface area contributed by atoms with Gasteiger partial charge in [0.15, 0.2) is 0 Å². The van der Waals surface area contributed by atoms with Gasteiger partial charge in [-0.25, -0.2) is 0 Å². The standard InChI is InChI=1S/C29H61N/c1-6-9-12-15-18-21-24-27-30(28-25-22-19-16-13-10-7-2)29(4,5)26-23-20-17-14-11-8-3/h6-28H2,1-5H3. The van der Waals surface area contributed by atoms with Crippen molar-refractivity contribution in [2.45, 2.75) is 175 Å². The minimum atomic E-state index is 0.384. The Morgan fingerprint density at radius 3 is 1.07 bits per heavy atom. The molecule has 0 aromatic rings. The highest BCUT2D eigenvalue weighted by Gasteiger charge is 2.25. The van der Waals surface area contributed by atoms with E-state index in [1.54, 1.807) is 0 Å². The zero-order chi connectivity index (χ0) is 22.3. The molecule has 30 heavy (non-hydrogen) atoms. The highest BCUT2D eigenvalue weighted by atomic mass is 15.2. The van der Waals surface area contributed by atoms with E-state index >= 15 is 0 Å². The highest BCUT2D eigenvalue weighted by Crippen LogP contribution is 2.24. The molecule has 0 N–H and O–H groups in total. The third-order valence-electron chi connectivity index (χ3n) is 7.06. The summed E-state index contributed by atoms with van der Waals surface area (Å²) in [4.78, 5) is 2.87. The number of hydrogen-bond donors (Lipinski definition) is 0. The van der Waals surface area contributed by atoms with Gasteiger partial charge in [0.1, 0.15) is 0 Å². The van der Waals surface area contributed by atoms with Gasteiger partial charge in [-0.2, -0.15) is 0 Å². The Labute approximate surface area is 193 Å². The van der Waals surface area contributed by atoms with Crippen LogP contribution in [-0.4, -0.2) is 23.5 Å². The number of rotatable bonds is 24. The van der Waals surface area contributed by atoms with E-state index in [9.17, 15) is 0 Å². The average molecular weight is 424 g/mol. The van der Waals surface area contributed by atoms with Crippen LogP contribution >= 0.6 is 0 Å². The summed E-state index contributed by atoms with van der Waals surface area (Å²) in [5.74, 6) is 0. The molecule has 0 rings (SSSR count). The SMILES string of the molecule is CCCCCCCCCN(CCCCCCCCC)C(C)(C)CCCCCCCC. The minimum absolute atomic E-state index is 0.384. The minimum Gasteiger partial charge on any atom is -0.298 e. The summed E-state index contributed by atoms with van der Waals surface area (Å²) in [5, 5.41) is 0. The zero-order valence-corrected chi connectivity index (χ0v) is 22.2. The predicted molar refractivity (Wildman–Crippen MR) is 140 cm³/mol. The molecule has 1 nitrogen and oxygen atoms in total. The maximum Gasteiger partial charge on any atom is 0.0153 e. The third-order valence-corrected chi connectivity index (χ3v) is 7.06. The molecular formula is C29H61N. The smallest absolute Gasteiger partial charge is 0.0153 e. The topological polar surface area (TPSA) is 3.24 Å². The second kappa shape index (κ2) is 22.2. The zero-order valence-electron chi connectivity index (χ0n) is 22.2. The third kappa shape index (κ3) is 18.7. The van der Waals surface area contributed by atoms with E-state index in [1.165, 1.54) is 148 Å². The van der Waals surface area contributed by atoms with Crippen LogP contribution in [0.5, 0.6) is 0 Å². The van der Waals surface area contributed by atoms with Crippen molar-refractivity contribution < 1.29 is 0 Å². The van der Waals surface area contributed by atoms with Crippen LogP contribution in [0, 0.1) is 0 Å². The first-order chi connectivity index (χ1) is 14.6. The van der Waals surface area contributed by atoms with E-state index in [0.29, 0.717) is 5.54 Å². The monoisotopic (exact) mass is 423 g/mol. The normalized spacial score (nSPS) is 12.2. The molecular weight excluding hydrogens is 362 g/mol. The molecule has 0 radical (unpaired) electrons. The van der Waals surface area contributed by atoms with E-state index in [1.807, 2.05) is 0 Å². The summed E-state index contributed by atoms with van der Waals surface area (Å²) < 4.78 is 0. The Morgan fingerprint density at radius 2 is 0.700 bits per heavy atom. The van der Waals surface area contributed by atoms with Crippen molar-refractivity contribution in [3.8, 4) is 0 Å². The second-order valence-electron chi connectivity index (χ2n) is 10.6. The predicted octanol–water partition coefficient (Wildman–Crippen LogP) is 10.3.